The SMILES string of the molecule is COc1cc(C(=O)NC2CCN(C)CC2)ccc1Nc1ncc2c(n1)c(Cc1cscc1C)c(OC)c(=O)n2C. The molecule has 11 heteroatoms. The van der Waals surface area contributed by atoms with Gasteiger partial charge in [-0.05, 0) is 80.0 Å². The molecule has 1 saturated heterocycles. The van der Waals surface area contributed by atoms with Crippen LogP contribution in [0.4, 0.5) is 11.6 Å². The average Bonchev–Trinajstić information content (AvgIpc) is 3.37. The number of carbonyl (C=O) groups is 1. The summed E-state index contributed by atoms with van der Waals surface area (Å²) < 4.78 is 12.7. The number of anilines is 2. The fourth-order valence-corrected chi connectivity index (χ4v) is 5.87. The lowest BCUT2D eigenvalue weighted by Gasteiger charge is -2.29. The molecule has 40 heavy (non-hydrogen) atoms. The first-order chi connectivity index (χ1) is 19.3. The highest BCUT2D eigenvalue weighted by Gasteiger charge is 2.22. The van der Waals surface area contributed by atoms with E-state index < -0.39 is 0 Å². The second-order valence-corrected chi connectivity index (χ2v) is 10.9. The lowest BCUT2D eigenvalue weighted by atomic mass is 10.0. The van der Waals surface area contributed by atoms with Gasteiger partial charge in [0.25, 0.3) is 11.5 Å². The number of likely N-dealkylation sites (tertiary alicyclic amines) is 1. The van der Waals surface area contributed by atoms with Gasteiger partial charge in [0.05, 0.1) is 37.1 Å². The molecular formula is C29H34N6O4S. The third-order valence-electron chi connectivity index (χ3n) is 7.49. The molecule has 4 heterocycles. The number of hydrogen-bond acceptors (Lipinski definition) is 9. The summed E-state index contributed by atoms with van der Waals surface area (Å²) in [5.74, 6) is 0.968. The molecule has 0 atom stereocenters. The number of nitrogens with zero attached hydrogens (tertiary/aromatic N) is 4. The fraction of sp³-hybridized carbons (Fsp3) is 0.379. The second-order valence-electron chi connectivity index (χ2n) is 10.2. The Kier molecular flexibility index (Phi) is 8.04. The van der Waals surface area contributed by atoms with Gasteiger partial charge in [-0.15, -0.1) is 0 Å². The summed E-state index contributed by atoms with van der Waals surface area (Å²) in [5.41, 5.74) is 5.10. The molecule has 0 unspecified atom stereocenters. The van der Waals surface area contributed by atoms with Gasteiger partial charge in [0.1, 0.15) is 5.75 Å². The van der Waals surface area contributed by atoms with Crippen molar-refractivity contribution in [3.63, 3.8) is 0 Å². The molecule has 210 valence electrons. The fourth-order valence-electron chi connectivity index (χ4n) is 5.01. The van der Waals surface area contributed by atoms with Crippen LogP contribution in [0.15, 0.2) is 40.0 Å². The minimum Gasteiger partial charge on any atom is -0.495 e. The molecule has 0 aliphatic carbocycles. The second kappa shape index (κ2) is 11.6. The maximum absolute atomic E-state index is 13.1. The molecule has 0 radical (unpaired) electrons. The molecule has 1 fully saturated rings. The first kappa shape index (κ1) is 27.6. The van der Waals surface area contributed by atoms with Crippen molar-refractivity contribution in [2.75, 3.05) is 39.7 Å². The van der Waals surface area contributed by atoms with Crippen LogP contribution in [0, 0.1) is 6.92 Å². The van der Waals surface area contributed by atoms with E-state index in [1.807, 2.05) is 6.92 Å². The van der Waals surface area contributed by atoms with Crippen molar-refractivity contribution in [1.82, 2.24) is 24.8 Å². The Morgan fingerprint density at radius 1 is 1.15 bits per heavy atom. The highest BCUT2D eigenvalue weighted by atomic mass is 32.1. The van der Waals surface area contributed by atoms with Crippen LogP contribution < -0.4 is 25.7 Å². The van der Waals surface area contributed by atoms with Crippen LogP contribution in [0.5, 0.6) is 11.5 Å². The molecule has 0 bridgehead atoms. The standard InChI is InChI=1S/C29H34N6O4S/c1-17-15-40-16-19(17)12-21-25-23(35(3)28(37)26(21)39-5)14-30-29(33-25)32-22-7-6-18(13-24(22)38-4)27(36)31-20-8-10-34(2)11-9-20/h6-7,13-16,20H,8-12H2,1-5H3,(H,31,36)(H,30,32,33). The van der Waals surface area contributed by atoms with Gasteiger partial charge in [-0.2, -0.15) is 11.3 Å². The van der Waals surface area contributed by atoms with E-state index in [0.717, 1.165) is 37.1 Å². The molecule has 1 aliphatic rings. The van der Waals surface area contributed by atoms with E-state index in [1.165, 1.54) is 11.7 Å². The van der Waals surface area contributed by atoms with Crippen LogP contribution in [-0.2, 0) is 13.5 Å². The Bertz CT molecular complexity index is 1610. The molecule has 1 amide bonds. The number of thiophene rings is 1. The lowest BCUT2D eigenvalue weighted by molar-refractivity contribution is 0.0916. The van der Waals surface area contributed by atoms with E-state index in [0.29, 0.717) is 46.0 Å². The number of hydrogen-bond donors (Lipinski definition) is 2. The van der Waals surface area contributed by atoms with Gasteiger partial charge in [0.15, 0.2) is 5.75 Å². The number of rotatable bonds is 8. The average molecular weight is 563 g/mol. The third-order valence-corrected chi connectivity index (χ3v) is 8.40. The molecule has 1 aromatic carbocycles. The Hall–Kier alpha value is -3.96. The summed E-state index contributed by atoms with van der Waals surface area (Å²) in [5, 5.41) is 10.5. The van der Waals surface area contributed by atoms with Crippen molar-refractivity contribution >= 4 is 39.9 Å². The van der Waals surface area contributed by atoms with E-state index >= 15 is 0 Å². The van der Waals surface area contributed by atoms with Crippen molar-refractivity contribution in [3.05, 3.63) is 67.8 Å². The topological polar surface area (TPSA) is 111 Å². The van der Waals surface area contributed by atoms with Crippen LogP contribution in [0.25, 0.3) is 11.0 Å². The van der Waals surface area contributed by atoms with Gasteiger partial charge in [-0.1, -0.05) is 0 Å². The Labute approximate surface area is 237 Å². The third kappa shape index (κ3) is 5.52. The number of pyridine rings is 1. The first-order valence-electron chi connectivity index (χ1n) is 13.2. The quantitative estimate of drug-likeness (QED) is 0.333. The molecular weight excluding hydrogens is 528 g/mol. The minimum absolute atomic E-state index is 0.122. The van der Waals surface area contributed by atoms with Gasteiger partial charge < -0.3 is 29.6 Å². The Morgan fingerprint density at radius 2 is 1.93 bits per heavy atom. The summed E-state index contributed by atoms with van der Waals surface area (Å²) in [6.07, 6.45) is 4.00. The number of ether oxygens (including phenoxy) is 2. The van der Waals surface area contributed by atoms with E-state index in [2.05, 4.69) is 38.3 Å². The van der Waals surface area contributed by atoms with Crippen LogP contribution in [0.1, 0.15) is 39.9 Å². The van der Waals surface area contributed by atoms with Crippen LogP contribution >= 0.6 is 11.3 Å². The number of carbonyl (C=O) groups excluding carboxylic acids is 1. The van der Waals surface area contributed by atoms with Crippen molar-refractivity contribution in [2.24, 2.45) is 7.05 Å². The molecule has 0 spiro atoms. The van der Waals surface area contributed by atoms with E-state index in [1.54, 1.807) is 49.9 Å². The van der Waals surface area contributed by atoms with Crippen LogP contribution in [-0.4, -0.2) is 65.7 Å². The zero-order valence-electron chi connectivity index (χ0n) is 23.4. The molecule has 3 aromatic heterocycles. The number of fused-ring (bicyclic) bond motifs is 1. The predicted octanol–water partition coefficient (Wildman–Crippen LogP) is 3.87. The maximum Gasteiger partial charge on any atom is 0.293 e. The smallest absolute Gasteiger partial charge is 0.293 e. The van der Waals surface area contributed by atoms with Gasteiger partial charge in [0.2, 0.25) is 5.95 Å². The Morgan fingerprint density at radius 3 is 2.60 bits per heavy atom. The monoisotopic (exact) mass is 562 g/mol. The lowest BCUT2D eigenvalue weighted by Crippen LogP contribution is -2.43. The summed E-state index contributed by atoms with van der Waals surface area (Å²) in [4.78, 5) is 37.5. The molecule has 0 saturated carbocycles. The number of aromatic nitrogens is 3. The van der Waals surface area contributed by atoms with Crippen molar-refractivity contribution in [1.29, 1.82) is 0 Å². The number of amides is 1. The molecule has 4 aromatic rings. The highest BCUT2D eigenvalue weighted by molar-refractivity contribution is 7.08. The number of piperidine rings is 1. The maximum atomic E-state index is 13.1. The molecule has 2 N–H and O–H groups in total. The summed E-state index contributed by atoms with van der Waals surface area (Å²) in [6.45, 7) is 3.99. The number of aryl methyl sites for hydroxylation is 2. The summed E-state index contributed by atoms with van der Waals surface area (Å²) in [6, 6.07) is 5.42. The van der Waals surface area contributed by atoms with Crippen LogP contribution in [0.2, 0.25) is 0 Å². The molecule has 5 rings (SSSR count). The summed E-state index contributed by atoms with van der Waals surface area (Å²) in [7, 11) is 6.84. The van der Waals surface area contributed by atoms with Crippen LogP contribution in [0.3, 0.4) is 0 Å². The predicted molar refractivity (Wildman–Crippen MR) is 157 cm³/mol. The van der Waals surface area contributed by atoms with Gasteiger partial charge in [-0.25, -0.2) is 9.97 Å². The number of benzene rings is 1. The Balaban J connectivity index is 1.45. The van der Waals surface area contributed by atoms with E-state index in [9.17, 15) is 9.59 Å². The highest BCUT2D eigenvalue weighted by Crippen LogP contribution is 2.31. The summed E-state index contributed by atoms with van der Waals surface area (Å²) >= 11 is 1.62. The largest absolute Gasteiger partial charge is 0.495 e. The van der Waals surface area contributed by atoms with Gasteiger partial charge in [0, 0.05) is 30.6 Å². The number of methoxy groups -OCH3 is 2. The van der Waals surface area contributed by atoms with Crippen molar-refractivity contribution in [2.45, 2.75) is 32.2 Å². The van der Waals surface area contributed by atoms with E-state index in [4.69, 9.17) is 14.5 Å². The zero-order chi connectivity index (χ0) is 28.4. The van der Waals surface area contributed by atoms with Gasteiger partial charge >= 0.3 is 0 Å². The number of nitrogens with one attached hydrogen (secondary N) is 2. The zero-order valence-corrected chi connectivity index (χ0v) is 24.2. The normalized spacial score (nSPS) is 14.3. The molecule has 1 aliphatic heterocycles. The van der Waals surface area contributed by atoms with Crippen molar-refractivity contribution < 1.29 is 14.3 Å². The molecule has 10 nitrogen and oxygen atoms in total. The van der Waals surface area contributed by atoms with Crippen molar-refractivity contribution in [3.8, 4) is 11.5 Å². The minimum atomic E-state index is -0.238. The van der Waals surface area contributed by atoms with Gasteiger partial charge in [-0.3, -0.25) is 9.59 Å². The first-order valence-corrected chi connectivity index (χ1v) is 14.1. The van der Waals surface area contributed by atoms with E-state index in [-0.39, 0.29) is 23.3 Å².